The first-order valence-corrected chi connectivity index (χ1v) is 13.8. The topological polar surface area (TPSA) is 126 Å². The van der Waals surface area contributed by atoms with Crippen molar-refractivity contribution in [1.29, 1.82) is 0 Å². The molecule has 0 aromatic carbocycles. The number of hydrogen-bond acceptors (Lipinski definition) is 9. The summed E-state index contributed by atoms with van der Waals surface area (Å²) in [5.41, 5.74) is 0.749. The standard InChI is InChI=1S/C27H27F2N7O4S/c1-16(39-2)22(40-15-37)13-35-11-17(10-30-35)27-32-21(14-41-27)26(38)31-20-12-36(18-6-4-3-5-7-18)34-25(20)24-19(28)8-9-23(29)33-24/h8-12,14-15,18H,3-7,13H2,1-2H3,(H,31,38)/b22-16-. The molecular weight excluding hydrogens is 556 g/mol. The average Bonchev–Trinajstić information content (AvgIpc) is 3.74. The van der Waals surface area contributed by atoms with Gasteiger partial charge in [0.2, 0.25) is 5.95 Å². The van der Waals surface area contributed by atoms with E-state index < -0.39 is 17.7 Å². The number of nitrogens with one attached hydrogen (secondary N) is 1. The highest BCUT2D eigenvalue weighted by molar-refractivity contribution is 7.13. The molecule has 0 bridgehead atoms. The van der Waals surface area contributed by atoms with Gasteiger partial charge in [-0.15, -0.1) is 11.3 Å². The molecule has 0 spiro atoms. The van der Waals surface area contributed by atoms with Gasteiger partial charge in [-0.2, -0.15) is 14.6 Å². The summed E-state index contributed by atoms with van der Waals surface area (Å²) in [6.07, 6.45) is 9.94. The lowest BCUT2D eigenvalue weighted by atomic mass is 9.96. The van der Waals surface area contributed by atoms with E-state index in [1.165, 1.54) is 18.4 Å². The number of pyridine rings is 1. The lowest BCUT2D eigenvalue weighted by Crippen LogP contribution is -2.14. The zero-order valence-corrected chi connectivity index (χ0v) is 23.2. The zero-order valence-electron chi connectivity index (χ0n) is 22.3. The monoisotopic (exact) mass is 583 g/mol. The van der Waals surface area contributed by atoms with Crippen LogP contribution in [0.3, 0.4) is 0 Å². The minimum absolute atomic E-state index is 0.0467. The Morgan fingerprint density at radius 2 is 1.98 bits per heavy atom. The summed E-state index contributed by atoms with van der Waals surface area (Å²) in [6, 6.07) is 2.00. The second kappa shape index (κ2) is 12.4. The molecule has 0 saturated heterocycles. The lowest BCUT2D eigenvalue weighted by molar-refractivity contribution is -0.125. The Kier molecular flexibility index (Phi) is 8.47. The number of carbonyl (C=O) groups is 2. The summed E-state index contributed by atoms with van der Waals surface area (Å²) < 4.78 is 42.0. The molecule has 214 valence electrons. The Bertz CT molecular complexity index is 1590. The van der Waals surface area contributed by atoms with E-state index in [4.69, 9.17) is 9.47 Å². The summed E-state index contributed by atoms with van der Waals surface area (Å²) >= 11 is 1.24. The Morgan fingerprint density at radius 3 is 2.73 bits per heavy atom. The van der Waals surface area contributed by atoms with Crippen LogP contribution in [0.5, 0.6) is 0 Å². The zero-order chi connectivity index (χ0) is 28.9. The number of methoxy groups -OCH3 is 1. The lowest BCUT2D eigenvalue weighted by Gasteiger charge is -2.21. The fourth-order valence-electron chi connectivity index (χ4n) is 4.58. The van der Waals surface area contributed by atoms with Gasteiger partial charge in [0.1, 0.15) is 34.4 Å². The van der Waals surface area contributed by atoms with Crippen LogP contribution in [-0.4, -0.2) is 49.0 Å². The molecule has 0 aliphatic heterocycles. The van der Waals surface area contributed by atoms with Gasteiger partial charge in [0.15, 0.2) is 11.6 Å². The van der Waals surface area contributed by atoms with Crippen LogP contribution in [0.2, 0.25) is 0 Å². The first kappa shape index (κ1) is 28.1. The first-order valence-electron chi connectivity index (χ1n) is 12.9. The molecule has 1 amide bonds. The van der Waals surface area contributed by atoms with E-state index >= 15 is 0 Å². The molecule has 0 atom stereocenters. The quantitative estimate of drug-likeness (QED) is 0.150. The van der Waals surface area contributed by atoms with Gasteiger partial charge in [-0.25, -0.2) is 14.4 Å². The van der Waals surface area contributed by atoms with Crippen molar-refractivity contribution in [2.24, 2.45) is 0 Å². The van der Waals surface area contributed by atoms with Crippen LogP contribution in [0.15, 0.2) is 47.6 Å². The highest BCUT2D eigenvalue weighted by Gasteiger charge is 2.24. The van der Waals surface area contributed by atoms with Gasteiger partial charge in [-0.05, 0) is 31.9 Å². The van der Waals surface area contributed by atoms with Crippen molar-refractivity contribution in [3.8, 4) is 22.0 Å². The molecular formula is C27H27F2N7O4S. The fraction of sp³-hybridized carbons (Fsp3) is 0.333. The molecule has 1 aliphatic carbocycles. The minimum Gasteiger partial charge on any atom is -0.498 e. The highest BCUT2D eigenvalue weighted by Crippen LogP contribution is 2.34. The molecule has 4 aromatic heterocycles. The van der Waals surface area contributed by atoms with E-state index in [0.717, 1.165) is 44.2 Å². The van der Waals surface area contributed by atoms with Gasteiger partial charge >= 0.3 is 0 Å². The molecule has 1 saturated carbocycles. The third-order valence-electron chi connectivity index (χ3n) is 6.78. The van der Waals surface area contributed by atoms with E-state index in [1.807, 2.05) is 0 Å². The summed E-state index contributed by atoms with van der Waals surface area (Å²) in [7, 11) is 1.47. The van der Waals surface area contributed by atoms with Gasteiger partial charge in [0.25, 0.3) is 12.4 Å². The maximum atomic E-state index is 14.7. The third-order valence-corrected chi connectivity index (χ3v) is 7.67. The SMILES string of the molecule is CO/C(C)=C(/Cn1cc(-c2nc(C(=O)Nc3cn(C4CCCCC4)nc3-c3nc(F)ccc3F)cs2)cn1)OC=O. The van der Waals surface area contributed by atoms with E-state index in [0.29, 0.717) is 28.6 Å². The number of carbonyl (C=O) groups excluding carboxylic acids is 2. The molecule has 5 rings (SSSR count). The number of amides is 1. The number of hydrogen-bond donors (Lipinski definition) is 1. The van der Waals surface area contributed by atoms with Crippen LogP contribution in [0.1, 0.15) is 55.6 Å². The number of thiazole rings is 1. The predicted octanol–water partition coefficient (Wildman–Crippen LogP) is 5.35. The van der Waals surface area contributed by atoms with E-state index in [2.05, 4.69) is 25.5 Å². The molecule has 1 fully saturated rings. The van der Waals surface area contributed by atoms with Crippen LogP contribution >= 0.6 is 11.3 Å². The molecule has 4 aromatic rings. The summed E-state index contributed by atoms with van der Waals surface area (Å²) in [5.74, 6) is -1.41. The average molecular weight is 584 g/mol. The van der Waals surface area contributed by atoms with Crippen LogP contribution in [0, 0.1) is 11.8 Å². The minimum atomic E-state index is -0.853. The number of allylic oxidation sites excluding steroid dienone is 2. The number of halogens is 2. The largest absolute Gasteiger partial charge is 0.498 e. The van der Waals surface area contributed by atoms with Gasteiger partial charge in [0.05, 0.1) is 25.0 Å². The van der Waals surface area contributed by atoms with Crippen molar-refractivity contribution in [2.75, 3.05) is 12.4 Å². The molecule has 14 heteroatoms. The van der Waals surface area contributed by atoms with Crippen molar-refractivity contribution in [3.05, 3.63) is 65.1 Å². The Hall–Kier alpha value is -4.46. The molecule has 0 radical (unpaired) electrons. The molecule has 11 nitrogen and oxygen atoms in total. The van der Waals surface area contributed by atoms with Gasteiger partial charge in [0, 0.05) is 23.3 Å². The molecule has 4 heterocycles. The fourth-order valence-corrected chi connectivity index (χ4v) is 5.36. The second-order valence-electron chi connectivity index (χ2n) is 9.44. The number of aromatic nitrogens is 6. The Morgan fingerprint density at radius 1 is 1.17 bits per heavy atom. The van der Waals surface area contributed by atoms with Crippen LogP contribution < -0.4 is 5.32 Å². The highest BCUT2D eigenvalue weighted by atomic mass is 32.1. The smallest absolute Gasteiger partial charge is 0.298 e. The first-order chi connectivity index (χ1) is 19.9. The molecule has 0 unspecified atom stereocenters. The van der Waals surface area contributed by atoms with Crippen molar-refractivity contribution >= 4 is 29.4 Å². The number of anilines is 1. The normalized spacial score (nSPS) is 14.4. The Balaban J connectivity index is 1.38. The number of ether oxygens (including phenoxy) is 2. The molecule has 1 N–H and O–H groups in total. The van der Waals surface area contributed by atoms with E-state index in [-0.39, 0.29) is 35.4 Å². The maximum Gasteiger partial charge on any atom is 0.298 e. The predicted molar refractivity (Wildman–Crippen MR) is 146 cm³/mol. The van der Waals surface area contributed by atoms with Gasteiger partial charge in [-0.3, -0.25) is 19.0 Å². The summed E-state index contributed by atoms with van der Waals surface area (Å²) in [6.45, 7) is 2.13. The van der Waals surface area contributed by atoms with E-state index in [1.54, 1.807) is 40.3 Å². The molecule has 1 aliphatic rings. The summed E-state index contributed by atoms with van der Waals surface area (Å²) in [4.78, 5) is 32.2. The van der Waals surface area contributed by atoms with Crippen LogP contribution in [-0.2, 0) is 20.8 Å². The van der Waals surface area contributed by atoms with Crippen molar-refractivity contribution in [2.45, 2.75) is 51.6 Å². The van der Waals surface area contributed by atoms with E-state index in [9.17, 15) is 18.4 Å². The van der Waals surface area contributed by atoms with Gasteiger partial charge < -0.3 is 14.8 Å². The number of nitrogens with zero attached hydrogens (tertiary/aromatic N) is 6. The van der Waals surface area contributed by atoms with Crippen LogP contribution in [0.4, 0.5) is 14.5 Å². The number of rotatable bonds is 10. The third kappa shape index (κ3) is 6.32. The van der Waals surface area contributed by atoms with Crippen LogP contribution in [0.25, 0.3) is 22.0 Å². The van der Waals surface area contributed by atoms with Gasteiger partial charge in [-0.1, -0.05) is 19.3 Å². The maximum absolute atomic E-state index is 14.7. The van der Waals surface area contributed by atoms with Crippen molar-refractivity contribution in [1.82, 2.24) is 29.5 Å². The molecule has 41 heavy (non-hydrogen) atoms. The van der Waals surface area contributed by atoms with Crippen molar-refractivity contribution < 1.29 is 27.8 Å². The Labute approximate surface area is 237 Å². The van der Waals surface area contributed by atoms with Crippen molar-refractivity contribution in [3.63, 3.8) is 0 Å². The second-order valence-corrected chi connectivity index (χ2v) is 10.3. The summed E-state index contributed by atoms with van der Waals surface area (Å²) in [5, 5.41) is 13.7.